The molecule has 0 atom stereocenters. The zero-order chi connectivity index (χ0) is 18.0. The van der Waals surface area contributed by atoms with Gasteiger partial charge in [0.05, 0.1) is 11.3 Å². The summed E-state index contributed by atoms with van der Waals surface area (Å²) in [6, 6.07) is 14.7. The first-order valence-electron chi connectivity index (χ1n) is 8.24. The standard InChI is InChI=1S/C19H22N2O3S/c1-20(2)25(23,24)18-9-7-15(8-10-18)13-19(22)21-12-11-16-5-3-4-6-17(16)14-21/h3-10H,11-14H2,1-2H3. The fraction of sp³-hybridized carbons (Fsp3) is 0.316. The molecule has 5 nitrogen and oxygen atoms in total. The molecule has 0 aliphatic carbocycles. The van der Waals surface area contributed by atoms with Crippen LogP contribution in [-0.4, -0.2) is 44.2 Å². The van der Waals surface area contributed by atoms with Crippen LogP contribution in [0.3, 0.4) is 0 Å². The predicted octanol–water partition coefficient (Wildman–Crippen LogP) is 2.06. The van der Waals surface area contributed by atoms with Gasteiger partial charge in [-0.2, -0.15) is 0 Å². The second kappa shape index (κ2) is 6.98. The van der Waals surface area contributed by atoms with Crippen LogP contribution in [0.15, 0.2) is 53.4 Å². The van der Waals surface area contributed by atoms with Crippen LogP contribution >= 0.6 is 0 Å². The van der Waals surface area contributed by atoms with E-state index >= 15 is 0 Å². The van der Waals surface area contributed by atoms with Crippen LogP contribution in [0.5, 0.6) is 0 Å². The average Bonchev–Trinajstić information content (AvgIpc) is 2.61. The second-order valence-corrected chi connectivity index (χ2v) is 8.59. The Balaban J connectivity index is 1.68. The molecule has 2 aromatic carbocycles. The molecule has 0 radical (unpaired) electrons. The van der Waals surface area contributed by atoms with Gasteiger partial charge in [0.2, 0.25) is 15.9 Å². The van der Waals surface area contributed by atoms with Crippen molar-refractivity contribution in [1.29, 1.82) is 0 Å². The van der Waals surface area contributed by atoms with E-state index in [1.165, 1.54) is 29.5 Å². The fourth-order valence-corrected chi connectivity index (χ4v) is 3.89. The van der Waals surface area contributed by atoms with Gasteiger partial charge in [-0.05, 0) is 35.2 Å². The lowest BCUT2D eigenvalue weighted by Gasteiger charge is -2.29. The number of nitrogens with zero attached hydrogens (tertiary/aromatic N) is 2. The van der Waals surface area contributed by atoms with Gasteiger partial charge in [-0.3, -0.25) is 4.79 Å². The normalized spacial score (nSPS) is 14.4. The maximum atomic E-state index is 12.6. The molecule has 2 aromatic rings. The topological polar surface area (TPSA) is 57.7 Å². The predicted molar refractivity (Wildman–Crippen MR) is 96.6 cm³/mol. The number of amides is 1. The highest BCUT2D eigenvalue weighted by atomic mass is 32.2. The van der Waals surface area contributed by atoms with Crippen molar-refractivity contribution in [2.45, 2.75) is 24.3 Å². The highest BCUT2D eigenvalue weighted by molar-refractivity contribution is 7.89. The van der Waals surface area contributed by atoms with E-state index in [2.05, 4.69) is 12.1 Å². The van der Waals surface area contributed by atoms with Crippen molar-refractivity contribution < 1.29 is 13.2 Å². The zero-order valence-corrected chi connectivity index (χ0v) is 15.3. The number of sulfonamides is 1. The smallest absolute Gasteiger partial charge is 0.242 e. The molecule has 25 heavy (non-hydrogen) atoms. The van der Waals surface area contributed by atoms with Gasteiger partial charge < -0.3 is 4.90 Å². The summed E-state index contributed by atoms with van der Waals surface area (Å²) in [7, 11) is -0.436. The van der Waals surface area contributed by atoms with E-state index in [1.807, 2.05) is 17.0 Å². The lowest BCUT2D eigenvalue weighted by atomic mass is 9.99. The molecule has 6 heteroatoms. The van der Waals surface area contributed by atoms with Crippen LogP contribution in [0.25, 0.3) is 0 Å². The Morgan fingerprint density at radius 2 is 1.68 bits per heavy atom. The number of fused-ring (bicyclic) bond motifs is 1. The van der Waals surface area contributed by atoms with Crippen LogP contribution in [0.2, 0.25) is 0 Å². The molecule has 3 rings (SSSR count). The Morgan fingerprint density at radius 3 is 2.32 bits per heavy atom. The summed E-state index contributed by atoms with van der Waals surface area (Å²) in [6.07, 6.45) is 1.16. The summed E-state index contributed by atoms with van der Waals surface area (Å²) in [5.74, 6) is 0.0673. The summed E-state index contributed by atoms with van der Waals surface area (Å²) >= 11 is 0. The molecule has 1 aliphatic rings. The van der Waals surface area contributed by atoms with Gasteiger partial charge in [-0.1, -0.05) is 36.4 Å². The monoisotopic (exact) mass is 358 g/mol. The minimum Gasteiger partial charge on any atom is -0.338 e. The van der Waals surface area contributed by atoms with Crippen molar-refractivity contribution in [3.05, 3.63) is 65.2 Å². The summed E-state index contributed by atoms with van der Waals surface area (Å²) in [5, 5.41) is 0. The number of hydrogen-bond donors (Lipinski definition) is 0. The molecule has 0 saturated heterocycles. The van der Waals surface area contributed by atoms with Gasteiger partial charge in [-0.15, -0.1) is 0 Å². The van der Waals surface area contributed by atoms with Gasteiger partial charge in [0, 0.05) is 27.2 Å². The van der Waals surface area contributed by atoms with Crippen molar-refractivity contribution in [1.82, 2.24) is 9.21 Å². The Hall–Kier alpha value is -2.18. The van der Waals surface area contributed by atoms with Crippen molar-refractivity contribution in [3.63, 3.8) is 0 Å². The van der Waals surface area contributed by atoms with Crippen LogP contribution < -0.4 is 0 Å². The second-order valence-electron chi connectivity index (χ2n) is 6.44. The number of hydrogen-bond acceptors (Lipinski definition) is 3. The Labute approximate surface area is 148 Å². The van der Waals surface area contributed by atoms with E-state index < -0.39 is 10.0 Å². The Morgan fingerprint density at radius 1 is 1.04 bits per heavy atom. The lowest BCUT2D eigenvalue weighted by molar-refractivity contribution is -0.131. The number of benzene rings is 2. The molecule has 0 bridgehead atoms. The SMILES string of the molecule is CN(C)S(=O)(=O)c1ccc(CC(=O)N2CCc3ccccc3C2)cc1. The summed E-state index contributed by atoms with van der Waals surface area (Å²) in [5.41, 5.74) is 3.33. The first-order chi connectivity index (χ1) is 11.9. The molecule has 132 valence electrons. The lowest BCUT2D eigenvalue weighted by Crippen LogP contribution is -2.36. The molecule has 0 spiro atoms. The first kappa shape index (κ1) is 17.6. The quantitative estimate of drug-likeness (QED) is 0.841. The van der Waals surface area contributed by atoms with Crippen LogP contribution in [0, 0.1) is 0 Å². The van der Waals surface area contributed by atoms with E-state index in [1.54, 1.807) is 24.3 Å². The third kappa shape index (κ3) is 3.75. The molecular formula is C19H22N2O3S. The highest BCUT2D eigenvalue weighted by Crippen LogP contribution is 2.20. The van der Waals surface area contributed by atoms with Gasteiger partial charge in [0.1, 0.15) is 0 Å². The number of carbonyl (C=O) groups is 1. The van der Waals surface area contributed by atoms with E-state index in [0.717, 1.165) is 18.5 Å². The molecule has 1 heterocycles. The first-order valence-corrected chi connectivity index (χ1v) is 9.68. The molecule has 1 amide bonds. The summed E-state index contributed by atoms with van der Waals surface area (Å²) < 4.78 is 25.3. The molecule has 0 aromatic heterocycles. The third-order valence-electron chi connectivity index (χ3n) is 4.54. The summed E-state index contributed by atoms with van der Waals surface area (Å²) in [6.45, 7) is 1.37. The molecule has 0 N–H and O–H groups in total. The molecule has 0 fully saturated rings. The van der Waals surface area contributed by atoms with Crippen LogP contribution in [0.1, 0.15) is 16.7 Å². The zero-order valence-electron chi connectivity index (χ0n) is 14.5. The molecule has 1 aliphatic heterocycles. The minimum atomic E-state index is -3.44. The molecular weight excluding hydrogens is 336 g/mol. The fourth-order valence-electron chi connectivity index (χ4n) is 2.99. The maximum Gasteiger partial charge on any atom is 0.242 e. The van der Waals surface area contributed by atoms with Crippen molar-refractivity contribution in [3.8, 4) is 0 Å². The van der Waals surface area contributed by atoms with Gasteiger partial charge in [0.15, 0.2) is 0 Å². The van der Waals surface area contributed by atoms with Crippen LogP contribution in [0.4, 0.5) is 0 Å². The molecule has 0 saturated carbocycles. The average molecular weight is 358 g/mol. The van der Waals surface area contributed by atoms with Crippen LogP contribution in [-0.2, 0) is 34.2 Å². The highest BCUT2D eigenvalue weighted by Gasteiger charge is 2.21. The molecule has 0 unspecified atom stereocenters. The van der Waals surface area contributed by atoms with Gasteiger partial charge in [-0.25, -0.2) is 12.7 Å². The number of carbonyl (C=O) groups excluding carboxylic acids is 1. The van der Waals surface area contributed by atoms with E-state index in [4.69, 9.17) is 0 Å². The van der Waals surface area contributed by atoms with Gasteiger partial charge >= 0.3 is 0 Å². The van der Waals surface area contributed by atoms with E-state index in [9.17, 15) is 13.2 Å². The van der Waals surface area contributed by atoms with Crippen molar-refractivity contribution in [2.75, 3.05) is 20.6 Å². The largest absolute Gasteiger partial charge is 0.338 e. The van der Waals surface area contributed by atoms with Crippen molar-refractivity contribution in [2.24, 2.45) is 0 Å². The minimum absolute atomic E-state index is 0.0673. The number of rotatable bonds is 4. The Kier molecular flexibility index (Phi) is 4.92. The third-order valence-corrected chi connectivity index (χ3v) is 6.37. The van der Waals surface area contributed by atoms with E-state index in [0.29, 0.717) is 6.54 Å². The summed E-state index contributed by atoms with van der Waals surface area (Å²) in [4.78, 5) is 14.7. The van der Waals surface area contributed by atoms with Gasteiger partial charge in [0.25, 0.3) is 0 Å². The maximum absolute atomic E-state index is 12.6. The van der Waals surface area contributed by atoms with E-state index in [-0.39, 0.29) is 17.2 Å². The Bertz CT molecular complexity index is 874. The van der Waals surface area contributed by atoms with Crippen molar-refractivity contribution >= 4 is 15.9 Å².